The third-order valence-electron chi connectivity index (χ3n) is 2.31. The molecule has 0 unspecified atom stereocenters. The van der Waals surface area contributed by atoms with Crippen LogP contribution in [-0.2, 0) is 11.8 Å². The SMILES string of the molecule is Cn1ncc(C=CC(=O)O)c1-c1cccnc1. The molecule has 2 aromatic rings. The molecule has 0 bridgehead atoms. The molecule has 2 aromatic heterocycles. The van der Waals surface area contributed by atoms with Crippen molar-refractivity contribution in [3.63, 3.8) is 0 Å². The number of aliphatic carboxylic acids is 1. The number of aromatic nitrogens is 3. The number of aryl methyl sites for hydroxylation is 1. The van der Waals surface area contributed by atoms with Crippen LogP contribution < -0.4 is 0 Å². The molecule has 86 valence electrons. The minimum Gasteiger partial charge on any atom is -0.478 e. The first-order valence-corrected chi connectivity index (χ1v) is 5.02. The van der Waals surface area contributed by atoms with Crippen LogP contribution in [-0.4, -0.2) is 25.8 Å². The quantitative estimate of drug-likeness (QED) is 0.811. The zero-order valence-electron chi connectivity index (χ0n) is 9.24. The Morgan fingerprint density at radius 3 is 2.94 bits per heavy atom. The predicted octanol–water partition coefficient (Wildman–Crippen LogP) is 1.58. The van der Waals surface area contributed by atoms with Crippen LogP contribution in [0.3, 0.4) is 0 Å². The maximum atomic E-state index is 10.5. The van der Waals surface area contributed by atoms with Crippen LogP contribution in [0.25, 0.3) is 17.3 Å². The first kappa shape index (κ1) is 11.1. The topological polar surface area (TPSA) is 68.0 Å². The maximum absolute atomic E-state index is 10.5. The summed E-state index contributed by atoms with van der Waals surface area (Å²) in [5.41, 5.74) is 2.50. The van der Waals surface area contributed by atoms with E-state index in [1.165, 1.54) is 6.08 Å². The van der Waals surface area contributed by atoms with Crippen molar-refractivity contribution in [3.8, 4) is 11.3 Å². The number of rotatable bonds is 3. The van der Waals surface area contributed by atoms with Crippen LogP contribution in [0.4, 0.5) is 0 Å². The fraction of sp³-hybridized carbons (Fsp3) is 0.0833. The molecule has 0 fully saturated rings. The second kappa shape index (κ2) is 4.61. The lowest BCUT2D eigenvalue weighted by Gasteiger charge is -2.02. The summed E-state index contributed by atoms with van der Waals surface area (Å²) in [6.07, 6.45) is 7.65. The summed E-state index contributed by atoms with van der Waals surface area (Å²) in [4.78, 5) is 14.5. The van der Waals surface area contributed by atoms with Gasteiger partial charge in [-0.3, -0.25) is 9.67 Å². The maximum Gasteiger partial charge on any atom is 0.328 e. The predicted molar refractivity (Wildman–Crippen MR) is 63.1 cm³/mol. The third kappa shape index (κ3) is 2.39. The lowest BCUT2D eigenvalue weighted by atomic mass is 10.1. The van der Waals surface area contributed by atoms with Crippen LogP contribution in [0.2, 0.25) is 0 Å². The highest BCUT2D eigenvalue weighted by Crippen LogP contribution is 2.22. The molecular weight excluding hydrogens is 218 g/mol. The lowest BCUT2D eigenvalue weighted by molar-refractivity contribution is -0.131. The van der Waals surface area contributed by atoms with E-state index in [2.05, 4.69) is 10.1 Å². The van der Waals surface area contributed by atoms with Gasteiger partial charge in [-0.1, -0.05) is 0 Å². The fourth-order valence-electron chi connectivity index (χ4n) is 1.59. The Kier molecular flexibility index (Phi) is 3.00. The van der Waals surface area contributed by atoms with E-state index in [-0.39, 0.29) is 0 Å². The smallest absolute Gasteiger partial charge is 0.328 e. The van der Waals surface area contributed by atoms with Crippen LogP contribution in [0, 0.1) is 0 Å². The molecule has 0 aromatic carbocycles. The van der Waals surface area contributed by atoms with Gasteiger partial charge < -0.3 is 5.11 Å². The minimum atomic E-state index is -0.981. The number of carboxylic acid groups (broad SMARTS) is 1. The van der Waals surface area contributed by atoms with Crippen molar-refractivity contribution in [1.82, 2.24) is 14.8 Å². The van der Waals surface area contributed by atoms with Gasteiger partial charge in [-0.15, -0.1) is 0 Å². The van der Waals surface area contributed by atoms with E-state index in [0.29, 0.717) is 0 Å². The molecule has 0 saturated carbocycles. The Morgan fingerprint density at radius 2 is 2.29 bits per heavy atom. The zero-order chi connectivity index (χ0) is 12.3. The Morgan fingerprint density at radius 1 is 1.47 bits per heavy atom. The van der Waals surface area contributed by atoms with Crippen molar-refractivity contribution < 1.29 is 9.90 Å². The van der Waals surface area contributed by atoms with E-state index >= 15 is 0 Å². The molecule has 1 N–H and O–H groups in total. The van der Waals surface area contributed by atoms with Gasteiger partial charge in [-0.05, 0) is 18.2 Å². The van der Waals surface area contributed by atoms with E-state index in [0.717, 1.165) is 22.9 Å². The van der Waals surface area contributed by atoms with Crippen molar-refractivity contribution >= 4 is 12.0 Å². The molecule has 0 aliphatic heterocycles. The minimum absolute atomic E-state index is 0.753. The largest absolute Gasteiger partial charge is 0.478 e. The number of pyridine rings is 1. The highest BCUT2D eigenvalue weighted by molar-refractivity contribution is 5.87. The summed E-state index contributed by atoms with van der Waals surface area (Å²) in [6, 6.07) is 3.73. The average Bonchev–Trinajstić information content (AvgIpc) is 2.69. The van der Waals surface area contributed by atoms with Gasteiger partial charge in [0.1, 0.15) is 0 Å². The van der Waals surface area contributed by atoms with Gasteiger partial charge in [0.25, 0.3) is 0 Å². The summed E-state index contributed by atoms with van der Waals surface area (Å²) in [7, 11) is 1.81. The van der Waals surface area contributed by atoms with Crippen LogP contribution in [0.5, 0.6) is 0 Å². The van der Waals surface area contributed by atoms with Crippen LogP contribution >= 0.6 is 0 Å². The van der Waals surface area contributed by atoms with Gasteiger partial charge in [0.15, 0.2) is 0 Å². The number of nitrogens with zero attached hydrogens (tertiary/aromatic N) is 3. The van der Waals surface area contributed by atoms with Crippen molar-refractivity contribution in [3.05, 3.63) is 42.4 Å². The summed E-state index contributed by atoms with van der Waals surface area (Å²) >= 11 is 0. The normalized spacial score (nSPS) is 10.9. The summed E-state index contributed by atoms with van der Waals surface area (Å²) < 4.78 is 1.69. The van der Waals surface area contributed by atoms with Crippen molar-refractivity contribution in [1.29, 1.82) is 0 Å². The Balaban J connectivity index is 2.47. The molecule has 5 nitrogen and oxygen atoms in total. The first-order chi connectivity index (χ1) is 8.18. The molecule has 0 radical (unpaired) electrons. The van der Waals surface area contributed by atoms with Gasteiger partial charge in [-0.25, -0.2) is 4.79 Å². The molecule has 0 atom stereocenters. The van der Waals surface area contributed by atoms with Crippen molar-refractivity contribution in [2.24, 2.45) is 7.05 Å². The van der Waals surface area contributed by atoms with E-state index in [9.17, 15) is 4.79 Å². The number of hydrogen-bond acceptors (Lipinski definition) is 3. The van der Waals surface area contributed by atoms with E-state index in [1.807, 2.05) is 12.1 Å². The second-order valence-electron chi connectivity index (χ2n) is 3.49. The molecule has 5 heteroatoms. The van der Waals surface area contributed by atoms with E-state index in [4.69, 9.17) is 5.11 Å². The molecule has 0 spiro atoms. The Bertz CT molecular complexity index is 558. The third-order valence-corrected chi connectivity index (χ3v) is 2.31. The monoisotopic (exact) mass is 229 g/mol. The van der Waals surface area contributed by atoms with E-state index in [1.54, 1.807) is 30.3 Å². The highest BCUT2D eigenvalue weighted by Gasteiger charge is 2.08. The van der Waals surface area contributed by atoms with E-state index < -0.39 is 5.97 Å². The number of carboxylic acids is 1. The molecule has 17 heavy (non-hydrogen) atoms. The van der Waals surface area contributed by atoms with Gasteiger partial charge in [0, 0.05) is 36.6 Å². The molecule has 0 saturated heterocycles. The molecular formula is C12H11N3O2. The van der Waals surface area contributed by atoms with Crippen LogP contribution in [0.15, 0.2) is 36.8 Å². The van der Waals surface area contributed by atoms with Gasteiger partial charge in [0.2, 0.25) is 0 Å². The van der Waals surface area contributed by atoms with Crippen molar-refractivity contribution in [2.45, 2.75) is 0 Å². The standard InChI is InChI=1S/C12H11N3O2/c1-15-12(9-3-2-6-13-7-9)10(8-14-15)4-5-11(16)17/h2-8H,1H3,(H,16,17). The highest BCUT2D eigenvalue weighted by atomic mass is 16.4. The summed E-state index contributed by atoms with van der Waals surface area (Å²) in [6.45, 7) is 0. The Labute approximate surface area is 98.0 Å². The zero-order valence-corrected chi connectivity index (χ0v) is 9.24. The molecule has 2 rings (SSSR count). The number of carbonyl (C=O) groups is 1. The fourth-order valence-corrected chi connectivity index (χ4v) is 1.59. The molecule has 0 aliphatic carbocycles. The van der Waals surface area contributed by atoms with Crippen LogP contribution in [0.1, 0.15) is 5.56 Å². The van der Waals surface area contributed by atoms with Gasteiger partial charge >= 0.3 is 5.97 Å². The first-order valence-electron chi connectivity index (χ1n) is 5.02. The summed E-state index contributed by atoms with van der Waals surface area (Å²) in [5, 5.41) is 12.7. The van der Waals surface area contributed by atoms with Crippen molar-refractivity contribution in [2.75, 3.05) is 0 Å². The Hall–Kier alpha value is -2.43. The molecule has 2 heterocycles. The summed E-state index contributed by atoms with van der Waals surface area (Å²) in [5.74, 6) is -0.981. The number of hydrogen-bond donors (Lipinski definition) is 1. The average molecular weight is 229 g/mol. The second-order valence-corrected chi connectivity index (χ2v) is 3.49. The molecule has 0 aliphatic rings. The molecule has 0 amide bonds. The lowest BCUT2D eigenvalue weighted by Crippen LogP contribution is -1.94. The van der Waals surface area contributed by atoms with Gasteiger partial charge in [0.05, 0.1) is 11.9 Å². The van der Waals surface area contributed by atoms with Gasteiger partial charge in [-0.2, -0.15) is 5.10 Å².